The maximum atomic E-state index is 13.0. The van der Waals surface area contributed by atoms with Gasteiger partial charge in [-0.05, 0) is 41.1 Å². The van der Waals surface area contributed by atoms with Crippen molar-refractivity contribution in [2.75, 3.05) is 19.5 Å². The molecule has 1 aromatic carbocycles. The Morgan fingerprint density at radius 3 is 2.44 bits per heavy atom. The van der Waals surface area contributed by atoms with Gasteiger partial charge >= 0.3 is 0 Å². The molecule has 16 heavy (non-hydrogen) atoms. The first-order valence-corrected chi connectivity index (χ1v) is 5.65. The van der Waals surface area contributed by atoms with Gasteiger partial charge in [0.2, 0.25) is 0 Å². The molecule has 3 nitrogen and oxygen atoms in total. The van der Waals surface area contributed by atoms with Crippen LogP contribution in [0.3, 0.4) is 0 Å². The topological polar surface area (TPSA) is 30.5 Å². The van der Waals surface area contributed by atoms with Crippen molar-refractivity contribution < 1.29 is 13.9 Å². The lowest BCUT2D eigenvalue weighted by Crippen LogP contribution is -2.33. The van der Waals surface area contributed by atoms with Crippen molar-refractivity contribution in [2.24, 2.45) is 0 Å². The SMILES string of the molecule is COC(OC)C(C)Nc1ccc(F)c(Br)c1. The lowest BCUT2D eigenvalue weighted by atomic mass is 10.2. The third-order valence-electron chi connectivity index (χ3n) is 2.19. The molecule has 0 aliphatic carbocycles. The van der Waals surface area contributed by atoms with Crippen LogP contribution in [0.4, 0.5) is 10.1 Å². The second-order valence-corrected chi connectivity index (χ2v) is 4.26. The number of rotatable bonds is 5. The molecule has 0 heterocycles. The average molecular weight is 292 g/mol. The van der Waals surface area contributed by atoms with E-state index in [1.807, 2.05) is 6.92 Å². The van der Waals surface area contributed by atoms with E-state index < -0.39 is 0 Å². The summed E-state index contributed by atoms with van der Waals surface area (Å²) >= 11 is 3.13. The first-order chi connectivity index (χ1) is 7.58. The number of nitrogens with one attached hydrogen (secondary N) is 1. The minimum atomic E-state index is -0.344. The van der Waals surface area contributed by atoms with Crippen molar-refractivity contribution in [3.8, 4) is 0 Å². The third-order valence-corrected chi connectivity index (χ3v) is 2.79. The Bertz CT molecular complexity index is 345. The molecule has 0 spiro atoms. The molecule has 1 atom stereocenters. The number of halogens is 2. The van der Waals surface area contributed by atoms with E-state index in [9.17, 15) is 4.39 Å². The Morgan fingerprint density at radius 1 is 1.31 bits per heavy atom. The Kier molecular flexibility index (Phi) is 5.18. The van der Waals surface area contributed by atoms with Crippen molar-refractivity contribution in [1.29, 1.82) is 0 Å². The van der Waals surface area contributed by atoms with Gasteiger partial charge in [0.05, 0.1) is 10.5 Å². The highest BCUT2D eigenvalue weighted by Gasteiger charge is 2.15. The summed E-state index contributed by atoms with van der Waals surface area (Å²) < 4.78 is 23.7. The highest BCUT2D eigenvalue weighted by molar-refractivity contribution is 9.10. The Morgan fingerprint density at radius 2 is 1.94 bits per heavy atom. The van der Waals surface area contributed by atoms with Crippen LogP contribution < -0.4 is 5.32 Å². The number of anilines is 1. The van der Waals surface area contributed by atoms with Gasteiger partial charge < -0.3 is 14.8 Å². The van der Waals surface area contributed by atoms with Crippen LogP contribution in [-0.2, 0) is 9.47 Å². The molecule has 0 saturated carbocycles. The molecular formula is C11H15BrFNO2. The zero-order chi connectivity index (χ0) is 12.1. The molecule has 0 aliphatic rings. The van der Waals surface area contributed by atoms with Crippen molar-refractivity contribution in [3.63, 3.8) is 0 Å². The predicted molar refractivity (Wildman–Crippen MR) is 65.0 cm³/mol. The first-order valence-electron chi connectivity index (χ1n) is 4.85. The normalized spacial score (nSPS) is 12.9. The Labute approximate surface area is 103 Å². The molecule has 90 valence electrons. The fourth-order valence-electron chi connectivity index (χ4n) is 1.42. The van der Waals surface area contributed by atoms with Gasteiger partial charge in [0.15, 0.2) is 6.29 Å². The summed E-state index contributed by atoms with van der Waals surface area (Å²) in [6.07, 6.45) is -0.344. The summed E-state index contributed by atoms with van der Waals surface area (Å²) in [5, 5.41) is 3.17. The first kappa shape index (κ1) is 13.4. The van der Waals surface area contributed by atoms with Crippen LogP contribution in [0.1, 0.15) is 6.92 Å². The number of ether oxygens (including phenoxy) is 2. The van der Waals surface area contributed by atoms with Gasteiger partial charge in [-0.25, -0.2) is 4.39 Å². The van der Waals surface area contributed by atoms with E-state index in [0.29, 0.717) is 4.47 Å². The molecule has 0 saturated heterocycles. The van der Waals surface area contributed by atoms with Crippen LogP contribution in [0.15, 0.2) is 22.7 Å². The quantitative estimate of drug-likeness (QED) is 0.846. The molecule has 1 rings (SSSR count). The summed E-state index contributed by atoms with van der Waals surface area (Å²) in [4.78, 5) is 0. The molecule has 0 bridgehead atoms. The van der Waals surface area contributed by atoms with Crippen LogP contribution in [0, 0.1) is 5.82 Å². The van der Waals surface area contributed by atoms with Crippen LogP contribution in [0.25, 0.3) is 0 Å². The van der Waals surface area contributed by atoms with Gasteiger partial charge in [-0.3, -0.25) is 0 Å². The summed E-state index contributed by atoms with van der Waals surface area (Å²) in [6.45, 7) is 1.93. The lowest BCUT2D eigenvalue weighted by Gasteiger charge is -2.23. The van der Waals surface area contributed by atoms with Gasteiger partial charge in [0.1, 0.15) is 5.82 Å². The Hall–Kier alpha value is -0.650. The fraction of sp³-hybridized carbons (Fsp3) is 0.455. The number of methoxy groups -OCH3 is 2. The monoisotopic (exact) mass is 291 g/mol. The summed E-state index contributed by atoms with van der Waals surface area (Å²) in [6, 6.07) is 4.70. The standard InChI is InChI=1S/C11H15BrFNO2/c1-7(11(15-2)16-3)14-8-4-5-10(13)9(12)6-8/h4-7,11,14H,1-3H3. The van der Waals surface area contributed by atoms with E-state index in [0.717, 1.165) is 5.69 Å². The van der Waals surface area contributed by atoms with E-state index in [4.69, 9.17) is 9.47 Å². The van der Waals surface area contributed by atoms with Crippen molar-refractivity contribution in [1.82, 2.24) is 0 Å². The number of hydrogen-bond donors (Lipinski definition) is 1. The van der Waals surface area contributed by atoms with Gasteiger partial charge in [-0.2, -0.15) is 0 Å². The van der Waals surface area contributed by atoms with Gasteiger partial charge in [-0.15, -0.1) is 0 Å². The van der Waals surface area contributed by atoms with Gasteiger partial charge in [0.25, 0.3) is 0 Å². The third kappa shape index (κ3) is 3.43. The second kappa shape index (κ2) is 6.18. The predicted octanol–water partition coefficient (Wildman–Crippen LogP) is 3.01. The van der Waals surface area contributed by atoms with E-state index in [-0.39, 0.29) is 18.1 Å². The van der Waals surface area contributed by atoms with E-state index >= 15 is 0 Å². The molecule has 0 amide bonds. The molecule has 5 heteroatoms. The van der Waals surface area contributed by atoms with Crippen LogP contribution in [0.2, 0.25) is 0 Å². The lowest BCUT2D eigenvalue weighted by molar-refractivity contribution is -0.109. The molecule has 1 N–H and O–H groups in total. The minimum Gasteiger partial charge on any atom is -0.377 e. The molecule has 0 aromatic heterocycles. The zero-order valence-corrected chi connectivity index (χ0v) is 11.0. The number of hydrogen-bond acceptors (Lipinski definition) is 3. The fourth-order valence-corrected chi connectivity index (χ4v) is 1.80. The van der Waals surface area contributed by atoms with Crippen molar-refractivity contribution in [2.45, 2.75) is 19.3 Å². The van der Waals surface area contributed by atoms with Crippen LogP contribution in [-0.4, -0.2) is 26.6 Å². The molecule has 0 fully saturated rings. The number of benzene rings is 1. The van der Waals surface area contributed by atoms with E-state index in [1.54, 1.807) is 26.4 Å². The maximum absolute atomic E-state index is 13.0. The highest BCUT2D eigenvalue weighted by Crippen LogP contribution is 2.21. The molecular weight excluding hydrogens is 277 g/mol. The largest absolute Gasteiger partial charge is 0.377 e. The maximum Gasteiger partial charge on any atom is 0.176 e. The van der Waals surface area contributed by atoms with Crippen molar-refractivity contribution in [3.05, 3.63) is 28.5 Å². The van der Waals surface area contributed by atoms with Crippen LogP contribution in [0.5, 0.6) is 0 Å². The van der Waals surface area contributed by atoms with E-state index in [2.05, 4.69) is 21.2 Å². The van der Waals surface area contributed by atoms with Gasteiger partial charge in [0, 0.05) is 19.9 Å². The second-order valence-electron chi connectivity index (χ2n) is 3.40. The van der Waals surface area contributed by atoms with E-state index in [1.165, 1.54) is 6.07 Å². The van der Waals surface area contributed by atoms with Gasteiger partial charge in [-0.1, -0.05) is 0 Å². The Balaban J connectivity index is 2.69. The van der Waals surface area contributed by atoms with Crippen molar-refractivity contribution >= 4 is 21.6 Å². The smallest absolute Gasteiger partial charge is 0.176 e. The highest BCUT2D eigenvalue weighted by atomic mass is 79.9. The zero-order valence-electron chi connectivity index (χ0n) is 9.46. The minimum absolute atomic E-state index is 0.0349. The van der Waals surface area contributed by atoms with Crippen LogP contribution >= 0.6 is 15.9 Å². The molecule has 0 aliphatic heterocycles. The average Bonchev–Trinajstić information content (AvgIpc) is 2.25. The summed E-state index contributed by atoms with van der Waals surface area (Å²) in [7, 11) is 3.15. The molecule has 1 aromatic rings. The summed E-state index contributed by atoms with van der Waals surface area (Å²) in [5.74, 6) is -0.284. The molecule has 1 unspecified atom stereocenters. The summed E-state index contributed by atoms with van der Waals surface area (Å²) in [5.41, 5.74) is 0.805. The molecule has 0 radical (unpaired) electrons.